The first-order valence-corrected chi connectivity index (χ1v) is 5.91. The summed E-state index contributed by atoms with van der Waals surface area (Å²) < 4.78 is 0. The van der Waals surface area contributed by atoms with Gasteiger partial charge in [0.25, 0.3) is 0 Å². The highest BCUT2D eigenvalue weighted by molar-refractivity contribution is 5.95. The van der Waals surface area contributed by atoms with E-state index in [4.69, 9.17) is 10.4 Å². The van der Waals surface area contributed by atoms with Gasteiger partial charge in [-0.25, -0.2) is 0 Å². The number of anilines is 1. The molecule has 2 atom stereocenters. The van der Waals surface area contributed by atoms with E-state index in [9.17, 15) is 9.59 Å². The lowest BCUT2D eigenvalue weighted by Gasteiger charge is -2.16. The zero-order valence-corrected chi connectivity index (χ0v) is 11.1. The largest absolute Gasteiger partial charge is 0.481 e. The number of nitriles is 1. The van der Waals surface area contributed by atoms with E-state index >= 15 is 0 Å². The number of carbonyl (C=O) groups excluding carboxylic acids is 1. The Balaban J connectivity index is 2.88. The van der Waals surface area contributed by atoms with Crippen LogP contribution in [0.25, 0.3) is 0 Å². The van der Waals surface area contributed by atoms with E-state index in [1.54, 1.807) is 25.1 Å². The number of aliphatic carboxylic acids is 1. The van der Waals surface area contributed by atoms with Crippen LogP contribution in [-0.4, -0.2) is 17.0 Å². The van der Waals surface area contributed by atoms with E-state index in [2.05, 4.69) is 5.32 Å². The minimum atomic E-state index is -1.01. The number of hydrogen-bond donors (Lipinski definition) is 2. The molecule has 0 aliphatic carbocycles. The summed E-state index contributed by atoms with van der Waals surface area (Å²) in [5.41, 5.74) is 1.80. The first-order valence-electron chi connectivity index (χ1n) is 5.91. The second-order valence-corrected chi connectivity index (χ2v) is 4.55. The van der Waals surface area contributed by atoms with Crippen LogP contribution in [0.5, 0.6) is 0 Å². The fraction of sp³-hybridized carbons (Fsp3) is 0.357. The Kier molecular flexibility index (Phi) is 4.65. The number of carboxylic acids is 1. The maximum absolute atomic E-state index is 12.0. The van der Waals surface area contributed by atoms with Crippen molar-refractivity contribution < 1.29 is 14.7 Å². The molecule has 1 amide bonds. The van der Waals surface area contributed by atoms with Crippen molar-refractivity contribution in [3.63, 3.8) is 0 Å². The van der Waals surface area contributed by atoms with Crippen molar-refractivity contribution in [1.29, 1.82) is 5.26 Å². The van der Waals surface area contributed by atoms with E-state index in [0.717, 1.165) is 5.56 Å². The Morgan fingerprint density at radius 1 is 1.32 bits per heavy atom. The van der Waals surface area contributed by atoms with Gasteiger partial charge in [0.15, 0.2) is 0 Å². The number of nitrogens with one attached hydrogen (secondary N) is 1. The third kappa shape index (κ3) is 3.55. The number of carbonyl (C=O) groups is 2. The van der Waals surface area contributed by atoms with Gasteiger partial charge < -0.3 is 10.4 Å². The Morgan fingerprint density at radius 2 is 1.95 bits per heavy atom. The van der Waals surface area contributed by atoms with Crippen LogP contribution in [0.15, 0.2) is 18.2 Å². The van der Waals surface area contributed by atoms with Crippen molar-refractivity contribution in [2.45, 2.75) is 20.8 Å². The van der Waals surface area contributed by atoms with E-state index in [-0.39, 0.29) is 5.91 Å². The average Bonchev–Trinajstić information content (AvgIpc) is 2.39. The van der Waals surface area contributed by atoms with Gasteiger partial charge in [-0.05, 0) is 24.6 Å². The maximum Gasteiger partial charge on any atom is 0.307 e. The maximum atomic E-state index is 12.0. The van der Waals surface area contributed by atoms with Crippen LogP contribution in [0.2, 0.25) is 0 Å². The summed E-state index contributed by atoms with van der Waals surface area (Å²) in [6, 6.07) is 6.96. The fourth-order valence-corrected chi connectivity index (χ4v) is 1.51. The lowest BCUT2D eigenvalue weighted by molar-refractivity contribution is -0.145. The average molecular weight is 260 g/mol. The molecule has 2 N–H and O–H groups in total. The molecule has 0 saturated heterocycles. The minimum Gasteiger partial charge on any atom is -0.481 e. The van der Waals surface area contributed by atoms with Crippen molar-refractivity contribution in [2.24, 2.45) is 11.8 Å². The SMILES string of the molecule is Cc1ccc(C#N)cc1NC(=O)C(C)C(C)C(=O)O. The molecule has 0 saturated carbocycles. The Labute approximate surface area is 111 Å². The fourth-order valence-electron chi connectivity index (χ4n) is 1.51. The standard InChI is InChI=1S/C14H16N2O3/c1-8-4-5-11(7-15)6-12(8)16-13(17)9(2)10(3)14(18)19/h4-6,9-10H,1-3H3,(H,16,17)(H,18,19). The molecule has 0 aliphatic rings. The lowest BCUT2D eigenvalue weighted by Crippen LogP contribution is -2.30. The van der Waals surface area contributed by atoms with E-state index in [0.29, 0.717) is 11.3 Å². The van der Waals surface area contributed by atoms with E-state index in [1.807, 2.05) is 13.0 Å². The van der Waals surface area contributed by atoms with Gasteiger partial charge in [0.1, 0.15) is 0 Å². The monoisotopic (exact) mass is 260 g/mol. The smallest absolute Gasteiger partial charge is 0.307 e. The van der Waals surface area contributed by atoms with Gasteiger partial charge in [-0.2, -0.15) is 5.26 Å². The molecule has 2 unspecified atom stereocenters. The van der Waals surface area contributed by atoms with Gasteiger partial charge in [-0.1, -0.05) is 19.9 Å². The first kappa shape index (κ1) is 14.7. The first-order chi connectivity index (χ1) is 8.86. The summed E-state index contributed by atoms with van der Waals surface area (Å²) in [5.74, 6) is -2.79. The predicted molar refractivity (Wildman–Crippen MR) is 70.5 cm³/mol. The highest BCUT2D eigenvalue weighted by Crippen LogP contribution is 2.19. The summed E-state index contributed by atoms with van der Waals surface area (Å²) >= 11 is 0. The van der Waals surface area contributed by atoms with Crippen LogP contribution < -0.4 is 5.32 Å². The topological polar surface area (TPSA) is 90.2 Å². The number of aryl methyl sites for hydroxylation is 1. The van der Waals surface area contributed by atoms with Crippen molar-refractivity contribution >= 4 is 17.6 Å². The van der Waals surface area contributed by atoms with Gasteiger partial charge in [0.2, 0.25) is 5.91 Å². The molecule has 0 spiro atoms. The van der Waals surface area contributed by atoms with Crippen LogP contribution >= 0.6 is 0 Å². The number of hydrogen-bond acceptors (Lipinski definition) is 3. The van der Waals surface area contributed by atoms with Gasteiger partial charge in [0, 0.05) is 11.6 Å². The third-order valence-electron chi connectivity index (χ3n) is 3.18. The molecule has 5 heteroatoms. The number of nitrogens with zero attached hydrogens (tertiary/aromatic N) is 1. The quantitative estimate of drug-likeness (QED) is 0.868. The number of rotatable bonds is 4. The second-order valence-electron chi connectivity index (χ2n) is 4.55. The van der Waals surface area contributed by atoms with Gasteiger partial charge >= 0.3 is 5.97 Å². The Bertz CT molecular complexity index is 546. The molecule has 0 fully saturated rings. The molecule has 1 aromatic rings. The molecular weight excluding hydrogens is 244 g/mol. The summed E-state index contributed by atoms with van der Waals surface area (Å²) in [7, 11) is 0. The van der Waals surface area contributed by atoms with Gasteiger partial charge in [-0.15, -0.1) is 0 Å². The highest BCUT2D eigenvalue weighted by Gasteiger charge is 2.26. The van der Waals surface area contributed by atoms with Crippen LogP contribution in [0.4, 0.5) is 5.69 Å². The van der Waals surface area contributed by atoms with Crippen LogP contribution in [0, 0.1) is 30.1 Å². The Morgan fingerprint density at radius 3 is 2.47 bits per heavy atom. The summed E-state index contributed by atoms with van der Waals surface area (Å²) in [5, 5.41) is 20.4. The van der Waals surface area contributed by atoms with Crippen molar-refractivity contribution in [1.82, 2.24) is 0 Å². The molecule has 0 bridgehead atoms. The molecule has 1 rings (SSSR count). The second kappa shape index (κ2) is 6.01. The third-order valence-corrected chi connectivity index (χ3v) is 3.18. The molecule has 100 valence electrons. The van der Waals surface area contributed by atoms with Crippen molar-refractivity contribution in [3.8, 4) is 6.07 Å². The van der Waals surface area contributed by atoms with Crippen LogP contribution in [0.3, 0.4) is 0 Å². The number of amides is 1. The summed E-state index contributed by atoms with van der Waals surface area (Å²) in [6.07, 6.45) is 0. The zero-order chi connectivity index (χ0) is 14.6. The van der Waals surface area contributed by atoms with Crippen LogP contribution in [0.1, 0.15) is 25.0 Å². The molecule has 0 heterocycles. The highest BCUT2D eigenvalue weighted by atomic mass is 16.4. The molecule has 1 aromatic carbocycles. The van der Waals surface area contributed by atoms with Crippen LogP contribution in [-0.2, 0) is 9.59 Å². The zero-order valence-electron chi connectivity index (χ0n) is 11.1. The molecule has 19 heavy (non-hydrogen) atoms. The molecule has 5 nitrogen and oxygen atoms in total. The molecule has 0 aliphatic heterocycles. The Hall–Kier alpha value is -2.35. The molecular formula is C14H16N2O3. The van der Waals surface area contributed by atoms with E-state index in [1.165, 1.54) is 6.92 Å². The van der Waals surface area contributed by atoms with Crippen molar-refractivity contribution in [2.75, 3.05) is 5.32 Å². The normalized spacial score (nSPS) is 13.2. The summed E-state index contributed by atoms with van der Waals surface area (Å²) in [4.78, 5) is 22.8. The lowest BCUT2D eigenvalue weighted by atomic mass is 9.95. The van der Waals surface area contributed by atoms with Crippen molar-refractivity contribution in [3.05, 3.63) is 29.3 Å². The number of benzene rings is 1. The summed E-state index contributed by atoms with van der Waals surface area (Å²) in [6.45, 7) is 4.87. The molecule has 0 radical (unpaired) electrons. The van der Waals surface area contributed by atoms with E-state index < -0.39 is 17.8 Å². The predicted octanol–water partition coefficient (Wildman–Crippen LogP) is 2.16. The minimum absolute atomic E-state index is 0.368. The number of carboxylic acid groups (broad SMARTS) is 1. The molecule has 0 aromatic heterocycles. The van der Waals surface area contributed by atoms with Gasteiger partial charge in [-0.3, -0.25) is 9.59 Å². The van der Waals surface area contributed by atoms with Gasteiger partial charge in [0.05, 0.1) is 17.6 Å².